The lowest BCUT2D eigenvalue weighted by Gasteiger charge is -2.35. The summed E-state index contributed by atoms with van der Waals surface area (Å²) < 4.78 is 0. The van der Waals surface area contributed by atoms with E-state index in [1.807, 2.05) is 0 Å². The van der Waals surface area contributed by atoms with Crippen molar-refractivity contribution in [3.63, 3.8) is 0 Å². The van der Waals surface area contributed by atoms with E-state index < -0.39 is 0 Å². The Kier molecular flexibility index (Phi) is 6.97. The van der Waals surface area contributed by atoms with Gasteiger partial charge < -0.3 is 15.1 Å². The van der Waals surface area contributed by atoms with E-state index in [0.29, 0.717) is 0 Å². The Morgan fingerprint density at radius 3 is 2.81 bits per heavy atom. The van der Waals surface area contributed by atoms with Gasteiger partial charge in [-0.1, -0.05) is 13.3 Å². The van der Waals surface area contributed by atoms with Crippen molar-refractivity contribution in [1.82, 2.24) is 15.1 Å². The Bertz CT molecular complexity index is 321. The number of amides is 1. The van der Waals surface area contributed by atoms with Gasteiger partial charge in [-0.15, -0.1) is 0 Å². The molecule has 2 saturated heterocycles. The van der Waals surface area contributed by atoms with Crippen molar-refractivity contribution in [2.45, 2.75) is 57.9 Å². The molecule has 0 aromatic rings. The summed E-state index contributed by atoms with van der Waals surface area (Å²) in [6, 6.07) is 0.779. The number of hydrogen-bond donors (Lipinski definition) is 1. The molecular weight excluding hydrogens is 262 g/mol. The van der Waals surface area contributed by atoms with Crippen molar-refractivity contribution < 1.29 is 4.79 Å². The van der Waals surface area contributed by atoms with E-state index in [2.05, 4.69) is 29.1 Å². The molecule has 1 N–H and O–H groups in total. The van der Waals surface area contributed by atoms with E-state index in [-0.39, 0.29) is 11.8 Å². The van der Waals surface area contributed by atoms with Crippen LogP contribution in [0.3, 0.4) is 0 Å². The number of carbonyl (C=O) groups excluding carboxylic acids is 1. The number of likely N-dealkylation sites (tertiary alicyclic amines) is 2. The van der Waals surface area contributed by atoms with Crippen LogP contribution in [0, 0.1) is 5.92 Å². The molecule has 2 heterocycles. The quantitative estimate of drug-likeness (QED) is 0.762. The molecule has 122 valence electrons. The minimum absolute atomic E-state index is 0.210. The lowest BCUT2D eigenvalue weighted by Crippen LogP contribution is -2.43. The summed E-state index contributed by atoms with van der Waals surface area (Å²) in [7, 11) is 2.11. The van der Waals surface area contributed by atoms with Gasteiger partial charge in [-0.3, -0.25) is 4.79 Å². The second-order valence-corrected chi connectivity index (χ2v) is 6.84. The normalized spacial score (nSPS) is 28.5. The third-order valence-electron chi connectivity index (χ3n) is 5.14. The first-order chi connectivity index (χ1) is 10.2. The van der Waals surface area contributed by atoms with Crippen molar-refractivity contribution in [2.75, 3.05) is 39.8 Å². The van der Waals surface area contributed by atoms with Gasteiger partial charge in [0.05, 0.1) is 5.92 Å². The summed E-state index contributed by atoms with van der Waals surface area (Å²) in [6.07, 6.45) is 8.65. The third-order valence-corrected chi connectivity index (χ3v) is 5.14. The average molecular weight is 295 g/mol. The number of nitrogens with one attached hydrogen (secondary N) is 1. The molecule has 0 spiro atoms. The zero-order chi connectivity index (χ0) is 15.1. The van der Waals surface area contributed by atoms with E-state index in [0.717, 1.165) is 51.5 Å². The molecule has 2 fully saturated rings. The van der Waals surface area contributed by atoms with Crippen LogP contribution in [0.5, 0.6) is 0 Å². The smallest absolute Gasteiger partial charge is 0.224 e. The van der Waals surface area contributed by atoms with Crippen LogP contribution in [0.15, 0.2) is 0 Å². The minimum atomic E-state index is 0.210. The number of rotatable bonds is 6. The van der Waals surface area contributed by atoms with Crippen molar-refractivity contribution in [1.29, 1.82) is 0 Å². The average Bonchev–Trinajstić information content (AvgIpc) is 2.51. The minimum Gasteiger partial charge on any atom is -0.356 e. The molecule has 1 amide bonds. The van der Waals surface area contributed by atoms with Gasteiger partial charge in [0, 0.05) is 25.7 Å². The molecule has 4 heteroatoms. The second kappa shape index (κ2) is 8.74. The molecule has 21 heavy (non-hydrogen) atoms. The predicted octanol–water partition coefficient (Wildman–Crippen LogP) is 2.10. The molecule has 2 rings (SSSR count). The molecule has 4 nitrogen and oxygen atoms in total. The van der Waals surface area contributed by atoms with Crippen LogP contribution < -0.4 is 5.32 Å². The van der Waals surface area contributed by atoms with Gasteiger partial charge in [0.2, 0.25) is 5.91 Å². The number of piperidine rings is 2. The van der Waals surface area contributed by atoms with Gasteiger partial charge in [0.1, 0.15) is 0 Å². The van der Waals surface area contributed by atoms with Gasteiger partial charge in [-0.05, 0) is 58.7 Å². The van der Waals surface area contributed by atoms with Crippen molar-refractivity contribution in [3.05, 3.63) is 0 Å². The Morgan fingerprint density at radius 2 is 2.05 bits per heavy atom. The maximum absolute atomic E-state index is 12.2. The topological polar surface area (TPSA) is 35.6 Å². The predicted molar refractivity (Wildman–Crippen MR) is 87.4 cm³/mol. The van der Waals surface area contributed by atoms with Crippen molar-refractivity contribution in [2.24, 2.45) is 5.92 Å². The first-order valence-electron chi connectivity index (χ1n) is 8.91. The Hall–Kier alpha value is -0.610. The molecule has 0 saturated carbocycles. The fourth-order valence-electron chi connectivity index (χ4n) is 3.84. The first kappa shape index (κ1) is 16.8. The highest BCUT2D eigenvalue weighted by Gasteiger charge is 2.24. The summed E-state index contributed by atoms with van der Waals surface area (Å²) in [5.74, 6) is 0.481. The van der Waals surface area contributed by atoms with Crippen LogP contribution in [0.2, 0.25) is 0 Å². The fourth-order valence-corrected chi connectivity index (χ4v) is 3.84. The molecule has 2 aliphatic rings. The van der Waals surface area contributed by atoms with Gasteiger partial charge in [0.25, 0.3) is 0 Å². The van der Waals surface area contributed by atoms with Gasteiger partial charge in [0.15, 0.2) is 0 Å². The Morgan fingerprint density at radius 1 is 1.19 bits per heavy atom. The SMILES string of the molecule is CC[C@H]1CCCCN1CCCNC(=O)[C@H]1CCCN(C)C1. The molecule has 2 aliphatic heterocycles. The molecule has 0 bridgehead atoms. The van der Waals surface area contributed by atoms with E-state index >= 15 is 0 Å². The molecule has 0 aliphatic carbocycles. The van der Waals surface area contributed by atoms with Crippen molar-refractivity contribution >= 4 is 5.91 Å². The summed E-state index contributed by atoms with van der Waals surface area (Å²) in [5.41, 5.74) is 0. The maximum Gasteiger partial charge on any atom is 0.224 e. The van der Waals surface area contributed by atoms with Gasteiger partial charge in [-0.2, -0.15) is 0 Å². The largest absolute Gasteiger partial charge is 0.356 e. The molecule has 0 aromatic heterocycles. The van der Waals surface area contributed by atoms with Crippen molar-refractivity contribution in [3.8, 4) is 0 Å². The summed E-state index contributed by atoms with van der Waals surface area (Å²) in [4.78, 5) is 17.1. The van der Waals surface area contributed by atoms with E-state index in [1.54, 1.807) is 0 Å². The zero-order valence-electron chi connectivity index (χ0n) is 13.9. The van der Waals surface area contributed by atoms with E-state index in [4.69, 9.17) is 0 Å². The molecular formula is C17H33N3O. The lowest BCUT2D eigenvalue weighted by atomic mass is 9.97. The highest BCUT2D eigenvalue weighted by atomic mass is 16.1. The second-order valence-electron chi connectivity index (χ2n) is 6.84. The molecule has 0 radical (unpaired) electrons. The maximum atomic E-state index is 12.2. The third kappa shape index (κ3) is 5.26. The highest BCUT2D eigenvalue weighted by molar-refractivity contribution is 5.78. The van der Waals surface area contributed by atoms with Gasteiger partial charge >= 0.3 is 0 Å². The molecule has 0 aromatic carbocycles. The molecule has 0 unspecified atom stereocenters. The summed E-state index contributed by atoms with van der Waals surface area (Å²) in [5, 5.41) is 3.15. The molecule has 2 atom stereocenters. The fraction of sp³-hybridized carbons (Fsp3) is 0.941. The first-order valence-corrected chi connectivity index (χ1v) is 8.91. The van der Waals surface area contributed by atoms with E-state index in [1.165, 1.54) is 32.2 Å². The standard InChI is InChI=1S/C17H33N3O/c1-3-16-9-4-5-12-20(16)13-7-10-18-17(21)15-8-6-11-19(2)14-15/h15-16H,3-14H2,1-2H3,(H,18,21)/t15-,16-/m0/s1. The van der Waals surface area contributed by atoms with Crippen LogP contribution in [-0.2, 0) is 4.79 Å². The Balaban J connectivity index is 1.61. The lowest BCUT2D eigenvalue weighted by molar-refractivity contribution is -0.126. The van der Waals surface area contributed by atoms with Crippen LogP contribution in [-0.4, -0.2) is 61.5 Å². The summed E-state index contributed by atoms with van der Waals surface area (Å²) in [6.45, 7) is 7.59. The van der Waals surface area contributed by atoms with E-state index in [9.17, 15) is 4.79 Å². The number of hydrogen-bond acceptors (Lipinski definition) is 3. The van der Waals surface area contributed by atoms with Crippen LogP contribution in [0.4, 0.5) is 0 Å². The monoisotopic (exact) mass is 295 g/mol. The van der Waals surface area contributed by atoms with Crippen LogP contribution >= 0.6 is 0 Å². The Labute approximate surface area is 130 Å². The van der Waals surface area contributed by atoms with Gasteiger partial charge in [-0.25, -0.2) is 0 Å². The summed E-state index contributed by atoms with van der Waals surface area (Å²) >= 11 is 0. The highest BCUT2D eigenvalue weighted by Crippen LogP contribution is 2.19. The number of nitrogens with zero attached hydrogens (tertiary/aromatic N) is 2. The number of carbonyl (C=O) groups is 1. The van der Waals surface area contributed by atoms with Crippen LogP contribution in [0.25, 0.3) is 0 Å². The zero-order valence-corrected chi connectivity index (χ0v) is 13.9. The van der Waals surface area contributed by atoms with Crippen LogP contribution in [0.1, 0.15) is 51.9 Å².